The van der Waals surface area contributed by atoms with Crippen molar-refractivity contribution in [2.45, 2.75) is 71.9 Å². The standard InChI is InChI=1S/C26H34N4O8S2/c1-8-9-14(15-12-40-23(27-15)29-24(35)38-26(5,6)7)18(31)28-17-19(32)30-16(10-11-39-20(17)30)21(33)36-13-37-22(34)25(2,3)4/h9-10,12,17,20H,8,11,13H2,1-7H3,(H,28,31)(H,27,29,35)/b14-9-. The molecule has 3 amide bonds. The molecule has 0 spiro atoms. The number of nitrogens with one attached hydrogen (secondary N) is 2. The lowest BCUT2D eigenvalue weighted by atomic mass is 9.98. The van der Waals surface area contributed by atoms with E-state index >= 15 is 0 Å². The summed E-state index contributed by atoms with van der Waals surface area (Å²) in [7, 11) is 0. The molecule has 1 aromatic heterocycles. The Kier molecular flexibility index (Phi) is 9.67. The molecule has 2 N–H and O–H groups in total. The molecule has 2 aliphatic heterocycles. The monoisotopic (exact) mass is 594 g/mol. The highest BCUT2D eigenvalue weighted by Gasteiger charge is 2.53. The van der Waals surface area contributed by atoms with E-state index in [9.17, 15) is 24.0 Å². The van der Waals surface area contributed by atoms with Crippen molar-refractivity contribution in [3.05, 3.63) is 28.9 Å². The zero-order chi connectivity index (χ0) is 29.8. The maximum absolute atomic E-state index is 13.2. The van der Waals surface area contributed by atoms with Crippen molar-refractivity contribution >= 4 is 63.6 Å². The number of carbonyl (C=O) groups excluding carboxylic acids is 5. The lowest BCUT2D eigenvalue weighted by Gasteiger charge is -2.48. The zero-order valence-corrected chi connectivity index (χ0v) is 25.1. The molecule has 2 aliphatic rings. The lowest BCUT2D eigenvalue weighted by molar-refractivity contribution is -0.173. The van der Waals surface area contributed by atoms with E-state index < -0.39 is 59.1 Å². The molecule has 40 heavy (non-hydrogen) atoms. The largest absolute Gasteiger partial charge is 0.444 e. The second-order valence-corrected chi connectivity index (χ2v) is 12.9. The number of rotatable bonds is 8. The Hall–Kier alpha value is -3.39. The third kappa shape index (κ3) is 7.62. The number of amides is 3. The Labute approximate surface area is 240 Å². The van der Waals surface area contributed by atoms with Crippen LogP contribution in [0.5, 0.6) is 0 Å². The summed E-state index contributed by atoms with van der Waals surface area (Å²) in [5, 5.41) is 6.67. The molecular formula is C26H34N4O8S2. The number of thiazole rings is 1. The summed E-state index contributed by atoms with van der Waals surface area (Å²) in [6.07, 6.45) is 3.10. The Morgan fingerprint density at radius 2 is 1.85 bits per heavy atom. The van der Waals surface area contributed by atoms with Crippen molar-refractivity contribution in [3.8, 4) is 0 Å². The molecule has 12 nitrogen and oxygen atoms in total. The summed E-state index contributed by atoms with van der Waals surface area (Å²) in [6.45, 7) is 11.5. The molecule has 1 aromatic rings. The van der Waals surface area contributed by atoms with Crippen LogP contribution in [0.25, 0.3) is 5.57 Å². The minimum Gasteiger partial charge on any atom is -0.444 e. The summed E-state index contributed by atoms with van der Waals surface area (Å²) < 4.78 is 15.3. The smallest absolute Gasteiger partial charge is 0.413 e. The fourth-order valence-electron chi connectivity index (χ4n) is 3.54. The van der Waals surface area contributed by atoms with Gasteiger partial charge in [0.15, 0.2) is 5.13 Å². The molecule has 3 heterocycles. The van der Waals surface area contributed by atoms with Gasteiger partial charge < -0.3 is 19.5 Å². The first-order chi connectivity index (χ1) is 18.6. The highest BCUT2D eigenvalue weighted by Crippen LogP contribution is 2.38. The number of fused-ring (bicyclic) bond motifs is 1. The zero-order valence-electron chi connectivity index (χ0n) is 23.5. The number of carbonyl (C=O) groups is 5. The molecule has 14 heteroatoms. The Morgan fingerprint density at radius 1 is 1.15 bits per heavy atom. The van der Waals surface area contributed by atoms with Gasteiger partial charge in [-0.2, -0.15) is 0 Å². The van der Waals surface area contributed by atoms with E-state index in [0.717, 1.165) is 11.3 Å². The molecule has 0 bridgehead atoms. The number of aromatic nitrogens is 1. The van der Waals surface area contributed by atoms with Crippen LogP contribution in [0, 0.1) is 5.41 Å². The van der Waals surface area contributed by atoms with Crippen LogP contribution in [0.3, 0.4) is 0 Å². The normalized spacial score (nSPS) is 19.1. The van der Waals surface area contributed by atoms with Gasteiger partial charge in [0.1, 0.15) is 22.7 Å². The summed E-state index contributed by atoms with van der Waals surface area (Å²) >= 11 is 2.52. The van der Waals surface area contributed by atoms with Crippen LogP contribution in [0.15, 0.2) is 23.2 Å². The van der Waals surface area contributed by atoms with Gasteiger partial charge in [0.05, 0.1) is 16.7 Å². The molecule has 0 saturated carbocycles. The SMILES string of the molecule is CC/C=C(\C(=O)NC1C(=O)N2C(C(=O)OCOC(=O)C(C)(C)C)=CCSC12)c1csc(NC(=O)OC(C)(C)C)n1. The van der Waals surface area contributed by atoms with E-state index in [1.54, 1.807) is 59.1 Å². The van der Waals surface area contributed by atoms with Crippen molar-refractivity contribution in [2.24, 2.45) is 5.41 Å². The first-order valence-electron chi connectivity index (χ1n) is 12.6. The molecule has 2 atom stereocenters. The van der Waals surface area contributed by atoms with E-state index in [2.05, 4.69) is 15.6 Å². The number of hydrogen-bond acceptors (Lipinski definition) is 11. The fraction of sp³-hybridized carbons (Fsp3) is 0.538. The van der Waals surface area contributed by atoms with Gasteiger partial charge >= 0.3 is 18.0 Å². The molecule has 1 fully saturated rings. The van der Waals surface area contributed by atoms with Crippen LogP contribution < -0.4 is 10.6 Å². The molecule has 3 rings (SSSR count). The molecule has 2 unspecified atom stereocenters. The minimum atomic E-state index is -0.869. The summed E-state index contributed by atoms with van der Waals surface area (Å²) in [6, 6.07) is -0.869. The van der Waals surface area contributed by atoms with E-state index in [0.29, 0.717) is 17.9 Å². The van der Waals surface area contributed by atoms with Gasteiger partial charge in [0.2, 0.25) is 6.79 Å². The summed E-state index contributed by atoms with van der Waals surface area (Å²) in [5.41, 5.74) is -0.810. The predicted octanol–water partition coefficient (Wildman–Crippen LogP) is 3.66. The van der Waals surface area contributed by atoms with Gasteiger partial charge in [0.25, 0.3) is 11.8 Å². The van der Waals surface area contributed by atoms with Crippen LogP contribution in [-0.2, 0) is 33.4 Å². The van der Waals surface area contributed by atoms with Gasteiger partial charge in [-0.1, -0.05) is 13.0 Å². The maximum Gasteiger partial charge on any atom is 0.413 e. The average molecular weight is 595 g/mol. The third-order valence-electron chi connectivity index (χ3n) is 5.38. The van der Waals surface area contributed by atoms with Crippen molar-refractivity contribution < 1.29 is 38.2 Å². The van der Waals surface area contributed by atoms with E-state index in [1.165, 1.54) is 16.7 Å². The fourth-order valence-corrected chi connectivity index (χ4v) is 5.43. The highest BCUT2D eigenvalue weighted by atomic mass is 32.2. The van der Waals surface area contributed by atoms with Gasteiger partial charge in [-0.25, -0.2) is 14.6 Å². The highest BCUT2D eigenvalue weighted by molar-refractivity contribution is 8.00. The molecule has 1 saturated heterocycles. The number of ether oxygens (including phenoxy) is 3. The van der Waals surface area contributed by atoms with Crippen LogP contribution >= 0.6 is 23.1 Å². The van der Waals surface area contributed by atoms with Crippen LogP contribution in [-0.4, -0.2) is 69.3 Å². The Balaban J connectivity index is 1.61. The predicted molar refractivity (Wildman–Crippen MR) is 150 cm³/mol. The second-order valence-electron chi connectivity index (χ2n) is 10.9. The van der Waals surface area contributed by atoms with E-state index in [1.807, 2.05) is 6.92 Å². The first kappa shape index (κ1) is 31.1. The van der Waals surface area contributed by atoms with Gasteiger partial charge in [-0.15, -0.1) is 23.1 Å². The maximum atomic E-state index is 13.2. The molecule has 0 radical (unpaired) electrons. The van der Waals surface area contributed by atoms with E-state index in [-0.39, 0.29) is 16.4 Å². The second kappa shape index (κ2) is 12.4. The quantitative estimate of drug-likeness (QED) is 0.197. The van der Waals surface area contributed by atoms with Gasteiger partial charge in [-0.3, -0.25) is 24.6 Å². The number of hydrogen-bond donors (Lipinski definition) is 2. The molecular weight excluding hydrogens is 560 g/mol. The lowest BCUT2D eigenvalue weighted by Crippen LogP contribution is -2.70. The molecule has 0 aliphatic carbocycles. The minimum absolute atomic E-state index is 0.0349. The first-order valence-corrected chi connectivity index (χ1v) is 14.5. The number of β-lactam (4-membered cyclic amide) rings is 1. The van der Waals surface area contributed by atoms with Crippen molar-refractivity contribution in [2.75, 3.05) is 17.9 Å². The topological polar surface area (TPSA) is 153 Å². The molecule has 218 valence electrons. The van der Waals surface area contributed by atoms with Gasteiger partial charge in [0, 0.05) is 11.1 Å². The number of allylic oxidation sites excluding steroid dienone is 1. The number of nitrogens with zero attached hydrogens (tertiary/aromatic N) is 2. The summed E-state index contributed by atoms with van der Waals surface area (Å²) in [4.78, 5) is 68.3. The average Bonchev–Trinajstić information content (AvgIpc) is 3.30. The van der Waals surface area contributed by atoms with E-state index in [4.69, 9.17) is 14.2 Å². The Bertz CT molecular complexity index is 1240. The van der Waals surface area contributed by atoms with Crippen LogP contribution in [0.4, 0.5) is 9.93 Å². The van der Waals surface area contributed by atoms with Crippen LogP contribution in [0.2, 0.25) is 0 Å². The summed E-state index contributed by atoms with van der Waals surface area (Å²) in [5.74, 6) is -1.90. The van der Waals surface area contributed by atoms with Crippen molar-refractivity contribution in [3.63, 3.8) is 0 Å². The van der Waals surface area contributed by atoms with Crippen molar-refractivity contribution in [1.29, 1.82) is 0 Å². The third-order valence-corrected chi connectivity index (χ3v) is 7.32. The van der Waals surface area contributed by atoms with Crippen LogP contribution in [0.1, 0.15) is 60.6 Å². The number of esters is 2. The number of anilines is 1. The van der Waals surface area contributed by atoms with Gasteiger partial charge in [-0.05, 0) is 54.0 Å². The van der Waals surface area contributed by atoms with Crippen molar-refractivity contribution in [1.82, 2.24) is 15.2 Å². The number of thioether (sulfide) groups is 1. The Morgan fingerprint density at radius 3 is 2.48 bits per heavy atom. The molecule has 0 aromatic carbocycles.